The third kappa shape index (κ3) is 6.44. The lowest BCUT2D eigenvalue weighted by atomic mass is 9.69. The van der Waals surface area contributed by atoms with E-state index in [0.29, 0.717) is 18.8 Å². The minimum absolute atomic E-state index is 0.411. The van der Waals surface area contributed by atoms with Gasteiger partial charge in [0.25, 0.3) is 0 Å². The third-order valence-electron chi connectivity index (χ3n) is 9.27. The minimum atomic E-state index is -1.08. The first kappa shape index (κ1) is 30.6. The number of aryl methyl sites for hydroxylation is 1. The number of imidazole rings is 1. The molecule has 1 fully saturated rings. The van der Waals surface area contributed by atoms with E-state index in [2.05, 4.69) is 47.7 Å². The van der Waals surface area contributed by atoms with Crippen LogP contribution >= 0.6 is 0 Å². The Bertz CT molecular complexity index is 1360. The number of carbonyl (C=O) groups is 1. The zero-order chi connectivity index (χ0) is 29.9. The maximum atomic E-state index is 12.6. The van der Waals surface area contributed by atoms with E-state index in [-0.39, 0.29) is 0 Å². The van der Waals surface area contributed by atoms with Crippen molar-refractivity contribution in [3.05, 3.63) is 76.4 Å². The van der Waals surface area contributed by atoms with E-state index in [0.717, 1.165) is 64.9 Å². The number of hydrazine groups is 1. The Balaban J connectivity index is 1.68. The van der Waals surface area contributed by atoms with Crippen LogP contribution < -0.4 is 16.6 Å². The van der Waals surface area contributed by atoms with Gasteiger partial charge < -0.3 is 20.4 Å². The quantitative estimate of drug-likeness (QED) is 0.157. The van der Waals surface area contributed by atoms with E-state index in [1.165, 1.54) is 19.3 Å². The predicted molar refractivity (Wildman–Crippen MR) is 167 cm³/mol. The van der Waals surface area contributed by atoms with Crippen molar-refractivity contribution in [2.45, 2.75) is 79.8 Å². The number of carboxylic acid groups (broad SMARTS) is 1. The average Bonchev–Trinajstić information content (AvgIpc) is 3.39. The monoisotopic (exact) mass is 560 g/mol. The predicted octanol–water partition coefficient (Wildman–Crippen LogP) is 5.70. The molecular weight excluding hydrogens is 512 g/mol. The van der Waals surface area contributed by atoms with Crippen molar-refractivity contribution >= 4 is 17.3 Å². The van der Waals surface area contributed by atoms with Crippen LogP contribution in [0.2, 0.25) is 0 Å². The summed E-state index contributed by atoms with van der Waals surface area (Å²) in [5, 5.41) is 12.0. The van der Waals surface area contributed by atoms with E-state index in [1.54, 1.807) is 18.9 Å². The van der Waals surface area contributed by atoms with Gasteiger partial charge in [0, 0.05) is 31.4 Å². The number of piperidine rings is 1. The minimum Gasteiger partial charge on any atom is -0.481 e. The van der Waals surface area contributed by atoms with Gasteiger partial charge in [-0.1, -0.05) is 37.6 Å². The Morgan fingerprint density at radius 2 is 1.85 bits per heavy atom. The van der Waals surface area contributed by atoms with Gasteiger partial charge in [-0.25, -0.2) is 10.8 Å². The maximum absolute atomic E-state index is 12.6. The van der Waals surface area contributed by atoms with E-state index in [9.17, 15) is 9.90 Å². The van der Waals surface area contributed by atoms with Gasteiger partial charge in [-0.2, -0.15) is 0 Å². The van der Waals surface area contributed by atoms with Crippen molar-refractivity contribution in [1.82, 2.24) is 14.5 Å². The van der Waals surface area contributed by atoms with Crippen molar-refractivity contribution in [2.24, 2.45) is 17.2 Å². The van der Waals surface area contributed by atoms with Gasteiger partial charge in [0.05, 0.1) is 23.3 Å². The van der Waals surface area contributed by atoms with Crippen LogP contribution in [0.25, 0.3) is 0 Å². The highest BCUT2D eigenvalue weighted by atomic mass is 16.4. The highest BCUT2D eigenvalue weighted by Crippen LogP contribution is 2.45. The van der Waals surface area contributed by atoms with Crippen molar-refractivity contribution < 1.29 is 9.90 Å². The molecular formula is C33H48N6O2. The average molecular weight is 561 g/mol. The highest BCUT2D eigenvalue weighted by Gasteiger charge is 2.40. The molecule has 0 bridgehead atoms. The molecule has 5 N–H and O–H groups in total. The summed E-state index contributed by atoms with van der Waals surface area (Å²) in [7, 11) is 0. The topological polar surface area (TPSA) is 114 Å². The summed E-state index contributed by atoms with van der Waals surface area (Å²) >= 11 is 0. The summed E-state index contributed by atoms with van der Waals surface area (Å²) in [6, 6.07) is 10.2. The van der Waals surface area contributed by atoms with Crippen molar-refractivity contribution in [1.29, 1.82) is 0 Å². The van der Waals surface area contributed by atoms with Gasteiger partial charge in [-0.15, -0.1) is 0 Å². The standard InChI is InChI=1S/C33H48N6O2/c1-7-24-13-16-37(17-14-24)21-29-36-15-18-38(29)20-26-19-25(10-9-22(26)3)30(33(5,6)32(40)41)27-11-12-28(39(35)8-2)31(34)23(27)4/h9-12,15,18-19,24,30H,7-8,13-14,16-17,20-21,34-35H2,1-6H3,(H,40,41). The molecule has 8 nitrogen and oxygen atoms in total. The Morgan fingerprint density at radius 3 is 2.49 bits per heavy atom. The van der Waals surface area contributed by atoms with Gasteiger partial charge in [-0.05, 0) is 100 Å². The summed E-state index contributed by atoms with van der Waals surface area (Å²) in [4.78, 5) is 19.9. The number of rotatable bonds is 11. The van der Waals surface area contributed by atoms with Crippen LogP contribution in [0.1, 0.15) is 86.5 Å². The Morgan fingerprint density at radius 1 is 1.15 bits per heavy atom. The largest absolute Gasteiger partial charge is 0.481 e. The number of anilines is 2. The summed E-state index contributed by atoms with van der Waals surface area (Å²) in [6.07, 6.45) is 7.71. The van der Waals surface area contributed by atoms with Crippen LogP contribution in [-0.2, 0) is 17.9 Å². The molecule has 41 heavy (non-hydrogen) atoms. The number of nitrogens with zero attached hydrogens (tertiary/aromatic N) is 4. The molecule has 1 saturated heterocycles. The molecule has 0 saturated carbocycles. The lowest BCUT2D eigenvalue weighted by Gasteiger charge is -2.34. The number of hydrogen-bond acceptors (Lipinski definition) is 6. The lowest BCUT2D eigenvalue weighted by molar-refractivity contribution is -0.147. The van der Waals surface area contributed by atoms with Crippen LogP contribution in [-0.4, -0.2) is 45.2 Å². The van der Waals surface area contributed by atoms with Crippen LogP contribution in [0.4, 0.5) is 11.4 Å². The first-order chi connectivity index (χ1) is 19.5. The van der Waals surface area contributed by atoms with Crippen molar-refractivity contribution in [3.8, 4) is 0 Å². The number of aromatic nitrogens is 2. The fourth-order valence-electron chi connectivity index (χ4n) is 6.19. The SMILES string of the molecule is CCC1CCN(Cc2nccn2Cc2cc(C(c3ccc(N(N)CC)c(N)c3C)C(C)(C)C(=O)O)ccc2C)CC1. The molecule has 8 heteroatoms. The molecule has 1 atom stereocenters. The van der Waals surface area contributed by atoms with Crippen LogP contribution in [0, 0.1) is 25.2 Å². The number of nitrogens with two attached hydrogens (primary N) is 2. The second kappa shape index (κ2) is 12.7. The first-order valence-corrected chi connectivity index (χ1v) is 14.9. The van der Waals surface area contributed by atoms with Crippen LogP contribution in [0.3, 0.4) is 0 Å². The number of nitrogen functional groups attached to an aromatic ring is 1. The molecule has 0 amide bonds. The number of hydrogen-bond donors (Lipinski definition) is 3. The fourth-order valence-corrected chi connectivity index (χ4v) is 6.19. The second-order valence-electron chi connectivity index (χ2n) is 12.2. The van der Waals surface area contributed by atoms with Crippen molar-refractivity contribution in [3.63, 3.8) is 0 Å². The molecule has 222 valence electrons. The number of aliphatic carboxylic acids is 1. The highest BCUT2D eigenvalue weighted by molar-refractivity contribution is 5.78. The Hall–Kier alpha value is -3.36. The third-order valence-corrected chi connectivity index (χ3v) is 9.27. The van der Waals surface area contributed by atoms with E-state index in [1.807, 2.05) is 32.2 Å². The van der Waals surface area contributed by atoms with E-state index in [4.69, 9.17) is 16.6 Å². The molecule has 1 unspecified atom stereocenters. The summed E-state index contributed by atoms with van der Waals surface area (Å²) in [5.41, 5.74) is 11.8. The number of carboxylic acids is 1. The smallest absolute Gasteiger partial charge is 0.310 e. The van der Waals surface area contributed by atoms with E-state index >= 15 is 0 Å². The Labute approximate surface area is 245 Å². The second-order valence-corrected chi connectivity index (χ2v) is 12.2. The van der Waals surface area contributed by atoms with Crippen molar-refractivity contribution in [2.75, 3.05) is 30.4 Å². The van der Waals surface area contributed by atoms with Gasteiger partial charge in [0.15, 0.2) is 0 Å². The van der Waals surface area contributed by atoms with Crippen LogP contribution in [0.15, 0.2) is 42.7 Å². The van der Waals surface area contributed by atoms with Gasteiger partial charge in [-0.3, -0.25) is 9.69 Å². The normalized spacial score (nSPS) is 15.7. The molecule has 1 aliphatic rings. The number of benzene rings is 2. The molecule has 0 aliphatic carbocycles. The van der Waals surface area contributed by atoms with Gasteiger partial charge in [0.2, 0.25) is 0 Å². The molecule has 0 spiro atoms. The molecule has 2 aromatic carbocycles. The molecule has 2 heterocycles. The molecule has 1 aromatic heterocycles. The van der Waals surface area contributed by atoms with Crippen LogP contribution in [0.5, 0.6) is 0 Å². The summed E-state index contributed by atoms with van der Waals surface area (Å²) < 4.78 is 2.23. The first-order valence-electron chi connectivity index (χ1n) is 14.9. The molecule has 1 aliphatic heterocycles. The molecule has 3 aromatic rings. The zero-order valence-electron chi connectivity index (χ0n) is 25.7. The van der Waals surface area contributed by atoms with Gasteiger partial charge in [0.1, 0.15) is 5.82 Å². The van der Waals surface area contributed by atoms with Gasteiger partial charge >= 0.3 is 5.97 Å². The Kier molecular flexibility index (Phi) is 9.44. The van der Waals surface area contributed by atoms with E-state index < -0.39 is 17.3 Å². The zero-order valence-corrected chi connectivity index (χ0v) is 25.7. The fraction of sp³-hybridized carbons (Fsp3) is 0.515. The molecule has 4 rings (SSSR count). The number of likely N-dealkylation sites (tertiary alicyclic amines) is 1. The summed E-state index contributed by atoms with van der Waals surface area (Å²) in [6.45, 7) is 16.3. The summed E-state index contributed by atoms with van der Waals surface area (Å²) in [5.74, 6) is 6.81. The molecule has 0 radical (unpaired) electrons. The maximum Gasteiger partial charge on any atom is 0.310 e. The lowest BCUT2D eigenvalue weighted by Crippen LogP contribution is -2.34.